The van der Waals surface area contributed by atoms with Crippen molar-refractivity contribution in [3.05, 3.63) is 0 Å². The molecule has 5 heteroatoms. The molecule has 0 fully saturated rings. The van der Waals surface area contributed by atoms with Crippen LogP contribution in [0.5, 0.6) is 0 Å². The predicted octanol–water partition coefficient (Wildman–Crippen LogP) is 0.00344. The molecule has 0 heterocycles. The maximum atomic E-state index is 8.35. The number of nitrogens with one attached hydrogen (secondary N) is 2. The Morgan fingerprint density at radius 1 is 1.00 bits per heavy atom. The topological polar surface area (TPSA) is 113 Å². The van der Waals surface area contributed by atoms with Crippen LogP contribution in [0.25, 0.3) is 0 Å². The van der Waals surface area contributed by atoms with E-state index in [0.29, 0.717) is 0 Å². The van der Waals surface area contributed by atoms with Crippen LogP contribution in [-0.2, 0) is 9.59 Å². The van der Waals surface area contributed by atoms with Crippen molar-refractivity contribution in [2.45, 2.75) is 13.8 Å². The van der Waals surface area contributed by atoms with Crippen molar-refractivity contribution in [2.24, 2.45) is 0 Å². The summed E-state index contributed by atoms with van der Waals surface area (Å²) in [6.45, 7) is 4.00. The van der Waals surface area contributed by atoms with Crippen molar-refractivity contribution < 1.29 is 15.1 Å². The lowest BCUT2D eigenvalue weighted by molar-refractivity contribution is 0.562. The van der Waals surface area contributed by atoms with Crippen LogP contribution in [0.4, 0.5) is 0 Å². The lowest BCUT2D eigenvalue weighted by Crippen LogP contribution is -1.16. The van der Waals surface area contributed by atoms with Crippen LogP contribution in [0.2, 0.25) is 0 Å². The average Bonchev–Trinajstić information content (AvgIpc) is 1.75. The van der Waals surface area contributed by atoms with Crippen LogP contribution in [0.3, 0.4) is 0 Å². The first-order valence-corrected chi connectivity index (χ1v) is 1.91. The first-order valence-electron chi connectivity index (χ1n) is 1.91. The van der Waals surface area contributed by atoms with Gasteiger partial charge in [0, 0.05) is 0 Å². The van der Waals surface area contributed by atoms with E-state index in [4.69, 9.17) is 20.4 Å². The van der Waals surface area contributed by atoms with Crippen molar-refractivity contribution in [1.29, 1.82) is 10.8 Å². The summed E-state index contributed by atoms with van der Waals surface area (Å²) in [6.07, 6.45) is 1.50. The Balaban J connectivity index is -0.0000000202. The van der Waals surface area contributed by atoms with Crippen molar-refractivity contribution >= 4 is 12.2 Å². The first-order chi connectivity index (χ1) is 3.83. The third-order valence-corrected chi connectivity index (χ3v) is 0. The molecule has 0 atom stereocenters. The van der Waals surface area contributed by atoms with Gasteiger partial charge < -0.3 is 5.48 Å². The predicted molar refractivity (Wildman–Crippen MR) is 31.8 cm³/mol. The highest BCUT2D eigenvalue weighted by Crippen LogP contribution is 1.14. The molecule has 0 aliphatic heterocycles. The number of hydrogen-bond acceptors (Lipinski definition) is 4. The van der Waals surface area contributed by atoms with Crippen LogP contribution in [0, 0.1) is 10.8 Å². The molecule has 0 saturated heterocycles. The summed E-state index contributed by atoms with van der Waals surface area (Å²) in [4.78, 5) is 16.7. The third kappa shape index (κ3) is 91.4. The smallest absolute Gasteiger partial charge is 0.231 e. The Morgan fingerprint density at radius 2 is 1.00 bits per heavy atom. The number of hydrogen-bond donors (Lipinski definition) is 2. The highest BCUT2D eigenvalue weighted by molar-refractivity contribution is 5.26. The molecule has 0 radical (unpaired) electrons. The monoisotopic (exact) mass is 134 g/mol. The van der Waals surface area contributed by atoms with Gasteiger partial charge in [-0.2, -0.15) is 0 Å². The lowest BCUT2D eigenvalue weighted by Gasteiger charge is -1.07. The van der Waals surface area contributed by atoms with Crippen molar-refractivity contribution in [3.63, 3.8) is 0 Å². The van der Waals surface area contributed by atoms with Gasteiger partial charge in [0.15, 0.2) is 0 Å². The summed E-state index contributed by atoms with van der Waals surface area (Å²) >= 11 is 0. The maximum Gasteiger partial charge on any atom is 0.231 e. The van der Waals surface area contributed by atoms with Gasteiger partial charge in [0.1, 0.15) is 0 Å². The first kappa shape index (κ1) is 25.2. The van der Waals surface area contributed by atoms with Crippen LogP contribution in [0.1, 0.15) is 13.8 Å². The van der Waals surface area contributed by atoms with Crippen molar-refractivity contribution in [3.8, 4) is 0 Å². The lowest BCUT2D eigenvalue weighted by atomic mass is 11.0. The number of isocyanates is 2. The Kier molecular flexibility index (Phi) is 1190. The van der Waals surface area contributed by atoms with E-state index in [1.165, 1.54) is 0 Å². The van der Waals surface area contributed by atoms with Crippen LogP contribution >= 0.6 is 0 Å². The number of rotatable bonds is 0. The third-order valence-electron chi connectivity index (χ3n) is 0. The van der Waals surface area contributed by atoms with Crippen molar-refractivity contribution in [1.82, 2.24) is 0 Å². The van der Waals surface area contributed by atoms with E-state index in [1.54, 1.807) is 0 Å². The second-order valence-electron chi connectivity index (χ2n) is 0.204. The second kappa shape index (κ2) is 424. The van der Waals surface area contributed by atoms with Gasteiger partial charge >= 0.3 is 0 Å². The number of carbonyl (C=O) groups excluding carboxylic acids is 2. The molecular weight excluding hydrogens is 124 g/mol. The molecule has 5 nitrogen and oxygen atoms in total. The van der Waals surface area contributed by atoms with Gasteiger partial charge in [0.25, 0.3) is 0 Å². The van der Waals surface area contributed by atoms with Gasteiger partial charge in [-0.15, -0.1) is 0 Å². The van der Waals surface area contributed by atoms with Crippen LogP contribution in [-0.4, -0.2) is 17.6 Å². The van der Waals surface area contributed by atoms with E-state index in [9.17, 15) is 0 Å². The Bertz CT molecular complexity index is 67.8. The summed E-state index contributed by atoms with van der Waals surface area (Å²) in [5.74, 6) is 0. The summed E-state index contributed by atoms with van der Waals surface area (Å²) in [5, 5.41) is 10.8. The molecule has 9 heavy (non-hydrogen) atoms. The Labute approximate surface area is 53.0 Å². The zero-order valence-corrected chi connectivity index (χ0v) is 5.32. The molecule has 54 valence electrons. The fourth-order valence-electron chi connectivity index (χ4n) is 0. The average molecular weight is 134 g/mol. The summed E-state index contributed by atoms with van der Waals surface area (Å²) in [7, 11) is 0. The van der Waals surface area contributed by atoms with Gasteiger partial charge in [0.05, 0.1) is 0 Å². The van der Waals surface area contributed by atoms with Gasteiger partial charge in [-0.05, 0) is 0 Å². The van der Waals surface area contributed by atoms with E-state index in [1.807, 2.05) is 13.8 Å². The van der Waals surface area contributed by atoms with Crippen LogP contribution < -0.4 is 0 Å². The highest BCUT2D eigenvalue weighted by atomic mass is 16.1. The van der Waals surface area contributed by atoms with E-state index in [2.05, 4.69) is 0 Å². The molecule has 0 aromatic heterocycles. The zero-order valence-electron chi connectivity index (χ0n) is 5.32. The minimum atomic E-state index is 0. The molecule has 0 rings (SSSR count). The normalized spacial score (nSPS) is 2.44. The Morgan fingerprint density at radius 3 is 1.00 bits per heavy atom. The molecule has 0 aromatic rings. The molecule has 0 aromatic carbocycles. The fraction of sp³-hybridized carbons (Fsp3) is 0.500. The SMILES string of the molecule is CC.N=C=O.N=C=O.O. The summed E-state index contributed by atoms with van der Waals surface area (Å²) in [5.41, 5.74) is 0. The molecule has 0 unspecified atom stereocenters. The molecule has 0 bridgehead atoms. The molecule has 0 aliphatic rings. The minimum Gasteiger partial charge on any atom is -0.412 e. The molecular formula is C4H10N2O3. The van der Waals surface area contributed by atoms with Gasteiger partial charge in [0.2, 0.25) is 12.2 Å². The molecule has 4 N–H and O–H groups in total. The van der Waals surface area contributed by atoms with E-state index in [-0.39, 0.29) is 5.48 Å². The standard InChI is InChI=1S/C2H6.2CHNO.H2O/c1-2;2*2-1-3;/h1-2H3;2*2H;1H2. The highest BCUT2D eigenvalue weighted by Gasteiger charge is 1.04. The van der Waals surface area contributed by atoms with Gasteiger partial charge in [-0.3, -0.25) is 0 Å². The molecule has 0 amide bonds. The molecule has 0 saturated carbocycles. The summed E-state index contributed by atoms with van der Waals surface area (Å²) in [6, 6.07) is 0. The minimum absolute atomic E-state index is 0. The van der Waals surface area contributed by atoms with Gasteiger partial charge in [-0.1, -0.05) is 13.8 Å². The van der Waals surface area contributed by atoms with Crippen LogP contribution in [0.15, 0.2) is 0 Å². The quantitative estimate of drug-likeness (QED) is 0.358. The largest absolute Gasteiger partial charge is 0.412 e. The second-order valence-corrected chi connectivity index (χ2v) is 0.204. The van der Waals surface area contributed by atoms with E-state index < -0.39 is 0 Å². The Hall–Kier alpha value is -1.28. The fourth-order valence-corrected chi connectivity index (χ4v) is 0. The molecule has 0 aliphatic carbocycles. The van der Waals surface area contributed by atoms with Gasteiger partial charge in [-0.25, -0.2) is 20.4 Å². The summed E-state index contributed by atoms with van der Waals surface area (Å²) < 4.78 is 0. The van der Waals surface area contributed by atoms with E-state index in [0.717, 1.165) is 12.2 Å². The maximum absolute atomic E-state index is 8.35. The van der Waals surface area contributed by atoms with Crippen molar-refractivity contribution in [2.75, 3.05) is 0 Å². The zero-order chi connectivity index (χ0) is 7.41. The van der Waals surface area contributed by atoms with E-state index >= 15 is 0 Å². The molecule has 0 spiro atoms.